The summed E-state index contributed by atoms with van der Waals surface area (Å²) in [6, 6.07) is 14.6. The van der Waals surface area contributed by atoms with Crippen LogP contribution in [0.2, 0.25) is 0 Å². The molecule has 0 saturated carbocycles. The maximum Gasteiger partial charge on any atom is 0.490 e. The number of carbonyl (C=O) groups is 1. The summed E-state index contributed by atoms with van der Waals surface area (Å²) in [4.78, 5) is 13.2. The number of piperidine rings is 1. The first-order chi connectivity index (χ1) is 16.8. The predicted octanol–water partition coefficient (Wildman–Crippen LogP) is 5.18. The summed E-state index contributed by atoms with van der Waals surface area (Å²) in [5.74, 6) is -2.09. The van der Waals surface area contributed by atoms with Crippen LogP contribution in [0.25, 0.3) is 0 Å². The number of aryl methyl sites for hydroxylation is 4. The third kappa shape index (κ3) is 7.86. The molecule has 0 atom stereocenters. The van der Waals surface area contributed by atoms with Crippen molar-refractivity contribution < 1.29 is 22.7 Å². The molecule has 0 N–H and O–H groups in total. The number of carbonyl (C=O) groups excluding carboxylic acids is 1. The largest absolute Gasteiger partial charge is 0.490 e. The van der Waals surface area contributed by atoms with E-state index in [9.17, 15) is 18.0 Å². The van der Waals surface area contributed by atoms with Crippen molar-refractivity contribution in [2.75, 3.05) is 13.1 Å². The van der Waals surface area contributed by atoms with E-state index in [4.69, 9.17) is 0 Å². The van der Waals surface area contributed by atoms with Crippen molar-refractivity contribution in [3.63, 3.8) is 0 Å². The van der Waals surface area contributed by atoms with E-state index in [2.05, 4.69) is 73.1 Å². The molecule has 0 amide bonds. The molecule has 0 spiro atoms. The number of likely N-dealkylation sites (tertiary alicyclic amines) is 1. The zero-order chi connectivity index (χ0) is 24.7. The monoisotopic (exact) mass is 503 g/mol. The predicted molar refractivity (Wildman–Crippen MR) is 128 cm³/mol. The van der Waals surface area contributed by atoms with E-state index in [1.165, 1.54) is 11.1 Å². The van der Waals surface area contributed by atoms with Crippen molar-refractivity contribution in [1.29, 1.82) is 0 Å². The summed E-state index contributed by atoms with van der Waals surface area (Å²) < 4.78 is 41.6. The highest BCUT2D eigenvalue weighted by Crippen LogP contribution is 2.22. The Morgan fingerprint density at radius 2 is 1.49 bits per heavy atom. The molecular formula is C26H28F3N3O2S. The first-order valence-corrected chi connectivity index (χ1v) is 12.7. The standard InChI is InChI=1S/C26H28F3N3O2S/c27-26(28,29)25(33)34-24-11-14-32(15-12-24)17-20-3-1-19(2-4-20)5-7-22-9-10-23(31-30-22)8-6-21-13-16-35-18-21/h1-4,9-10,13,16,18,24H,5-8,11-12,14-15,17H2. The minimum atomic E-state index is -4.93. The Kier molecular flexibility index (Phi) is 8.51. The van der Waals surface area contributed by atoms with Crippen LogP contribution >= 0.6 is 11.3 Å². The molecule has 5 nitrogen and oxygen atoms in total. The molecule has 0 aliphatic carbocycles. The zero-order valence-electron chi connectivity index (χ0n) is 19.3. The van der Waals surface area contributed by atoms with E-state index in [1.54, 1.807) is 11.3 Å². The Hall–Kier alpha value is -2.78. The lowest BCUT2D eigenvalue weighted by atomic mass is 10.0. The van der Waals surface area contributed by atoms with Gasteiger partial charge in [-0.05, 0) is 84.2 Å². The van der Waals surface area contributed by atoms with Gasteiger partial charge in [0.2, 0.25) is 0 Å². The van der Waals surface area contributed by atoms with Crippen LogP contribution in [-0.2, 0) is 41.8 Å². The van der Waals surface area contributed by atoms with Crippen LogP contribution in [0.15, 0.2) is 53.2 Å². The number of benzene rings is 1. The van der Waals surface area contributed by atoms with Crippen LogP contribution in [0.1, 0.15) is 40.9 Å². The second-order valence-corrected chi connectivity index (χ2v) is 9.62. The Labute approximate surface area is 206 Å². The van der Waals surface area contributed by atoms with Crippen LogP contribution in [0.3, 0.4) is 0 Å². The average Bonchev–Trinajstić information content (AvgIpc) is 3.37. The van der Waals surface area contributed by atoms with Crippen molar-refractivity contribution in [3.8, 4) is 0 Å². The lowest BCUT2D eigenvalue weighted by Crippen LogP contribution is -2.39. The maximum absolute atomic E-state index is 12.3. The molecule has 9 heteroatoms. The van der Waals surface area contributed by atoms with Crippen molar-refractivity contribution >= 4 is 17.3 Å². The van der Waals surface area contributed by atoms with Crippen molar-refractivity contribution in [3.05, 3.63) is 81.3 Å². The van der Waals surface area contributed by atoms with Gasteiger partial charge in [-0.2, -0.15) is 34.7 Å². The van der Waals surface area contributed by atoms with Crippen LogP contribution in [-0.4, -0.2) is 46.4 Å². The van der Waals surface area contributed by atoms with Gasteiger partial charge < -0.3 is 4.74 Å². The van der Waals surface area contributed by atoms with Gasteiger partial charge in [-0.25, -0.2) is 4.79 Å². The van der Waals surface area contributed by atoms with E-state index in [0.29, 0.717) is 25.9 Å². The maximum atomic E-state index is 12.3. The van der Waals surface area contributed by atoms with E-state index in [1.807, 2.05) is 0 Å². The first-order valence-electron chi connectivity index (χ1n) is 11.8. The first kappa shape index (κ1) is 25.3. The van der Waals surface area contributed by atoms with Gasteiger partial charge in [0, 0.05) is 19.6 Å². The fraction of sp³-hybridized carbons (Fsp3) is 0.423. The molecule has 1 saturated heterocycles. The van der Waals surface area contributed by atoms with Crippen LogP contribution < -0.4 is 0 Å². The number of hydrogen-bond donors (Lipinski definition) is 0. The SMILES string of the molecule is O=C(OC1CCN(Cc2ccc(CCc3ccc(CCc4ccsc4)nn3)cc2)CC1)C(F)(F)F. The highest BCUT2D eigenvalue weighted by Gasteiger charge is 2.42. The van der Waals surface area contributed by atoms with Gasteiger partial charge in [-0.15, -0.1) is 0 Å². The van der Waals surface area contributed by atoms with Crippen LogP contribution in [0.4, 0.5) is 13.2 Å². The van der Waals surface area contributed by atoms with Crippen LogP contribution in [0.5, 0.6) is 0 Å². The minimum absolute atomic E-state index is 0.410. The number of aromatic nitrogens is 2. The molecular weight excluding hydrogens is 475 g/mol. The summed E-state index contributed by atoms with van der Waals surface area (Å²) in [7, 11) is 0. The molecule has 1 aromatic carbocycles. The molecule has 3 aromatic rings. The van der Waals surface area contributed by atoms with E-state index >= 15 is 0 Å². The number of ether oxygens (including phenoxy) is 1. The molecule has 0 radical (unpaired) electrons. The number of rotatable bonds is 9. The topological polar surface area (TPSA) is 55.3 Å². The summed E-state index contributed by atoms with van der Waals surface area (Å²) in [5.41, 5.74) is 5.68. The van der Waals surface area contributed by atoms with Gasteiger partial charge >= 0.3 is 12.1 Å². The average molecular weight is 504 g/mol. The second kappa shape index (κ2) is 11.8. The van der Waals surface area contributed by atoms with Crippen molar-refractivity contribution in [2.45, 2.75) is 57.3 Å². The number of thiophene rings is 1. The number of nitrogens with zero attached hydrogens (tertiary/aromatic N) is 3. The lowest BCUT2D eigenvalue weighted by molar-refractivity contribution is -0.206. The van der Waals surface area contributed by atoms with Gasteiger partial charge in [0.05, 0.1) is 11.4 Å². The number of halogens is 3. The Morgan fingerprint density at radius 1 is 0.886 bits per heavy atom. The smallest absolute Gasteiger partial charge is 0.456 e. The number of hydrogen-bond acceptors (Lipinski definition) is 6. The molecule has 1 fully saturated rings. The van der Waals surface area contributed by atoms with Gasteiger partial charge in [0.1, 0.15) is 6.10 Å². The molecule has 2 aromatic heterocycles. The van der Waals surface area contributed by atoms with Gasteiger partial charge in [0.25, 0.3) is 0 Å². The lowest BCUT2D eigenvalue weighted by Gasteiger charge is -2.31. The van der Waals surface area contributed by atoms with Crippen LogP contribution in [0, 0.1) is 0 Å². The zero-order valence-corrected chi connectivity index (χ0v) is 20.2. The van der Waals surface area contributed by atoms with E-state index < -0.39 is 18.2 Å². The normalized spacial score (nSPS) is 15.3. The Bertz CT molecular complexity index is 1060. The minimum Gasteiger partial charge on any atom is -0.456 e. The highest BCUT2D eigenvalue weighted by atomic mass is 32.1. The molecule has 35 heavy (non-hydrogen) atoms. The second-order valence-electron chi connectivity index (χ2n) is 8.84. The molecule has 1 aliphatic rings. The van der Waals surface area contributed by atoms with E-state index in [-0.39, 0.29) is 0 Å². The van der Waals surface area contributed by atoms with Crippen molar-refractivity contribution in [1.82, 2.24) is 15.1 Å². The molecule has 0 unspecified atom stereocenters. The molecule has 186 valence electrons. The molecule has 0 bridgehead atoms. The van der Waals surface area contributed by atoms with E-state index in [0.717, 1.165) is 49.2 Å². The fourth-order valence-electron chi connectivity index (χ4n) is 4.11. The summed E-state index contributed by atoms with van der Waals surface area (Å²) in [6.07, 6.45) is -1.21. The quantitative estimate of drug-likeness (QED) is 0.377. The molecule has 1 aliphatic heterocycles. The summed E-state index contributed by atoms with van der Waals surface area (Å²) >= 11 is 1.71. The van der Waals surface area contributed by atoms with Crippen molar-refractivity contribution in [2.24, 2.45) is 0 Å². The third-order valence-corrected chi connectivity index (χ3v) is 6.90. The molecule has 3 heterocycles. The highest BCUT2D eigenvalue weighted by molar-refractivity contribution is 7.07. The third-order valence-electron chi connectivity index (χ3n) is 6.16. The molecule has 4 rings (SSSR count). The summed E-state index contributed by atoms with van der Waals surface area (Å²) in [6.45, 7) is 1.91. The fourth-order valence-corrected chi connectivity index (χ4v) is 4.81. The van der Waals surface area contributed by atoms with Gasteiger partial charge in [0.15, 0.2) is 0 Å². The number of esters is 1. The van der Waals surface area contributed by atoms with Gasteiger partial charge in [-0.1, -0.05) is 24.3 Å². The Morgan fingerprint density at radius 3 is 2.03 bits per heavy atom. The Balaban J connectivity index is 1.17. The number of alkyl halides is 3. The summed E-state index contributed by atoms with van der Waals surface area (Å²) in [5, 5.41) is 13.0. The van der Waals surface area contributed by atoms with Gasteiger partial charge in [-0.3, -0.25) is 4.90 Å².